The summed E-state index contributed by atoms with van der Waals surface area (Å²) >= 11 is 0. The molecule has 14 heavy (non-hydrogen) atoms. The van der Waals surface area contributed by atoms with E-state index in [0.717, 1.165) is 18.9 Å². The summed E-state index contributed by atoms with van der Waals surface area (Å²) in [6.45, 7) is 5.81. The molecule has 1 aliphatic rings. The van der Waals surface area contributed by atoms with Crippen molar-refractivity contribution in [2.45, 2.75) is 52.0 Å². The van der Waals surface area contributed by atoms with Crippen molar-refractivity contribution in [2.24, 2.45) is 11.8 Å². The van der Waals surface area contributed by atoms with Gasteiger partial charge >= 0.3 is 0 Å². The molecule has 1 atom stereocenters. The summed E-state index contributed by atoms with van der Waals surface area (Å²) in [7, 11) is 0. The maximum atomic E-state index is 9.19. The Kier molecular flexibility index (Phi) is 5.49. The van der Waals surface area contributed by atoms with Gasteiger partial charge < -0.3 is 10.4 Å². The monoisotopic (exact) mass is 199 g/mol. The average Bonchev–Trinajstić information content (AvgIpc) is 2.64. The molecule has 0 saturated heterocycles. The van der Waals surface area contributed by atoms with Gasteiger partial charge in [-0.05, 0) is 37.6 Å². The molecule has 1 aliphatic carbocycles. The third-order valence-corrected chi connectivity index (χ3v) is 3.15. The van der Waals surface area contributed by atoms with E-state index in [0.29, 0.717) is 12.0 Å². The predicted molar refractivity (Wildman–Crippen MR) is 60.3 cm³/mol. The van der Waals surface area contributed by atoms with Crippen molar-refractivity contribution in [3.63, 3.8) is 0 Å². The lowest BCUT2D eigenvalue weighted by Crippen LogP contribution is -2.36. The minimum Gasteiger partial charge on any atom is -0.395 e. The molecule has 0 aromatic rings. The van der Waals surface area contributed by atoms with Crippen molar-refractivity contribution in [1.29, 1.82) is 0 Å². The molecule has 84 valence electrons. The second-order valence-corrected chi connectivity index (χ2v) is 5.07. The van der Waals surface area contributed by atoms with Gasteiger partial charge in [-0.1, -0.05) is 26.7 Å². The predicted octanol–water partition coefficient (Wildman–Crippen LogP) is 2.17. The molecular weight excluding hydrogens is 174 g/mol. The summed E-state index contributed by atoms with van der Waals surface area (Å²) in [5.41, 5.74) is 0. The Morgan fingerprint density at radius 2 is 1.93 bits per heavy atom. The van der Waals surface area contributed by atoms with E-state index in [9.17, 15) is 5.11 Å². The van der Waals surface area contributed by atoms with Crippen LogP contribution in [0.15, 0.2) is 0 Å². The topological polar surface area (TPSA) is 32.3 Å². The van der Waals surface area contributed by atoms with E-state index in [1.165, 1.54) is 25.7 Å². The molecule has 0 spiro atoms. The molecule has 0 amide bonds. The third kappa shape index (κ3) is 4.43. The summed E-state index contributed by atoms with van der Waals surface area (Å²) in [6, 6.07) is 0.315. The Bertz CT molecular complexity index is 141. The zero-order chi connectivity index (χ0) is 10.4. The molecule has 2 heteroatoms. The van der Waals surface area contributed by atoms with Crippen LogP contribution in [0.25, 0.3) is 0 Å². The number of aliphatic hydroxyl groups is 1. The van der Waals surface area contributed by atoms with E-state index in [1.54, 1.807) is 0 Å². The summed E-state index contributed by atoms with van der Waals surface area (Å²) in [4.78, 5) is 0. The first-order chi connectivity index (χ1) is 6.72. The first kappa shape index (κ1) is 12.0. The summed E-state index contributed by atoms with van der Waals surface area (Å²) in [5, 5.41) is 12.7. The largest absolute Gasteiger partial charge is 0.395 e. The van der Waals surface area contributed by atoms with Crippen LogP contribution in [-0.4, -0.2) is 24.3 Å². The quantitative estimate of drug-likeness (QED) is 0.687. The van der Waals surface area contributed by atoms with Gasteiger partial charge in [-0.2, -0.15) is 0 Å². The second kappa shape index (κ2) is 6.41. The Morgan fingerprint density at radius 3 is 2.43 bits per heavy atom. The van der Waals surface area contributed by atoms with Gasteiger partial charge in [0, 0.05) is 6.04 Å². The van der Waals surface area contributed by atoms with Crippen LogP contribution in [0.5, 0.6) is 0 Å². The smallest absolute Gasteiger partial charge is 0.0584 e. The highest BCUT2D eigenvalue weighted by Gasteiger charge is 2.16. The summed E-state index contributed by atoms with van der Waals surface area (Å²) in [6.07, 6.45) is 6.66. The lowest BCUT2D eigenvalue weighted by atomic mass is 10.0. The van der Waals surface area contributed by atoms with Crippen LogP contribution in [0.4, 0.5) is 0 Å². The van der Waals surface area contributed by atoms with E-state index in [4.69, 9.17) is 0 Å². The van der Waals surface area contributed by atoms with Gasteiger partial charge in [0.25, 0.3) is 0 Å². The maximum absolute atomic E-state index is 9.19. The molecule has 0 bridgehead atoms. The van der Waals surface area contributed by atoms with Gasteiger partial charge in [0.05, 0.1) is 6.61 Å². The lowest BCUT2D eigenvalue weighted by Gasteiger charge is -2.20. The maximum Gasteiger partial charge on any atom is 0.0584 e. The van der Waals surface area contributed by atoms with Crippen molar-refractivity contribution in [3.8, 4) is 0 Å². The van der Waals surface area contributed by atoms with Gasteiger partial charge in [-0.25, -0.2) is 0 Å². The molecule has 1 saturated carbocycles. The Labute approximate surface area is 88.1 Å². The van der Waals surface area contributed by atoms with Gasteiger partial charge in [-0.15, -0.1) is 0 Å². The Hall–Kier alpha value is -0.0800. The summed E-state index contributed by atoms with van der Waals surface area (Å²) in [5.74, 6) is 1.54. The molecule has 0 heterocycles. The average molecular weight is 199 g/mol. The van der Waals surface area contributed by atoms with Crippen LogP contribution in [0.2, 0.25) is 0 Å². The van der Waals surface area contributed by atoms with Gasteiger partial charge in [-0.3, -0.25) is 0 Å². The fraction of sp³-hybridized carbons (Fsp3) is 1.00. The fourth-order valence-corrected chi connectivity index (χ4v) is 2.34. The number of aliphatic hydroxyl groups excluding tert-OH is 1. The normalized spacial score (nSPS) is 20.6. The van der Waals surface area contributed by atoms with E-state index < -0.39 is 0 Å². The molecule has 2 nitrogen and oxygen atoms in total. The molecule has 1 fully saturated rings. The van der Waals surface area contributed by atoms with Gasteiger partial charge in [0.2, 0.25) is 0 Å². The minimum atomic E-state index is 0.283. The van der Waals surface area contributed by atoms with E-state index in [-0.39, 0.29) is 6.61 Å². The van der Waals surface area contributed by atoms with Crippen molar-refractivity contribution in [3.05, 3.63) is 0 Å². The minimum absolute atomic E-state index is 0.283. The van der Waals surface area contributed by atoms with Gasteiger partial charge in [0.1, 0.15) is 0 Å². The van der Waals surface area contributed by atoms with E-state index in [2.05, 4.69) is 19.2 Å². The fourth-order valence-electron chi connectivity index (χ4n) is 2.34. The van der Waals surface area contributed by atoms with Crippen LogP contribution < -0.4 is 5.32 Å². The molecular formula is C12H25NO. The molecule has 0 aromatic carbocycles. The van der Waals surface area contributed by atoms with Gasteiger partial charge in [0.15, 0.2) is 0 Å². The second-order valence-electron chi connectivity index (χ2n) is 5.07. The van der Waals surface area contributed by atoms with E-state index >= 15 is 0 Å². The van der Waals surface area contributed by atoms with Crippen LogP contribution in [-0.2, 0) is 0 Å². The number of nitrogens with one attached hydrogen (secondary N) is 1. The highest BCUT2D eigenvalue weighted by Crippen LogP contribution is 2.23. The van der Waals surface area contributed by atoms with Crippen molar-refractivity contribution < 1.29 is 5.11 Å². The van der Waals surface area contributed by atoms with Crippen LogP contribution >= 0.6 is 0 Å². The molecule has 0 radical (unpaired) electrons. The van der Waals surface area contributed by atoms with Crippen LogP contribution in [0, 0.1) is 11.8 Å². The highest BCUT2D eigenvalue weighted by atomic mass is 16.3. The highest BCUT2D eigenvalue weighted by molar-refractivity contribution is 4.73. The zero-order valence-corrected chi connectivity index (χ0v) is 9.63. The van der Waals surface area contributed by atoms with E-state index in [1.807, 2.05) is 0 Å². The first-order valence-electron chi connectivity index (χ1n) is 6.06. The van der Waals surface area contributed by atoms with Crippen LogP contribution in [0.3, 0.4) is 0 Å². The molecule has 1 rings (SSSR count). The molecule has 2 N–H and O–H groups in total. The Balaban J connectivity index is 2.12. The standard InChI is InChI=1S/C12H25NO/c1-10(2)7-12(9-14)13-8-11-5-3-4-6-11/h10-14H,3-9H2,1-2H3. The zero-order valence-electron chi connectivity index (χ0n) is 9.63. The van der Waals surface area contributed by atoms with Crippen LogP contribution in [0.1, 0.15) is 46.0 Å². The number of rotatable bonds is 6. The molecule has 1 unspecified atom stereocenters. The number of hydrogen-bond acceptors (Lipinski definition) is 2. The lowest BCUT2D eigenvalue weighted by molar-refractivity contribution is 0.219. The third-order valence-electron chi connectivity index (χ3n) is 3.15. The molecule has 0 aliphatic heterocycles. The first-order valence-corrected chi connectivity index (χ1v) is 6.06. The Morgan fingerprint density at radius 1 is 1.29 bits per heavy atom. The van der Waals surface area contributed by atoms with Crippen molar-refractivity contribution in [1.82, 2.24) is 5.32 Å². The summed E-state index contributed by atoms with van der Waals surface area (Å²) < 4.78 is 0. The SMILES string of the molecule is CC(C)CC(CO)NCC1CCCC1. The molecule has 0 aromatic heterocycles. The number of hydrogen-bond donors (Lipinski definition) is 2. The van der Waals surface area contributed by atoms with Crippen molar-refractivity contribution >= 4 is 0 Å². The van der Waals surface area contributed by atoms with Crippen molar-refractivity contribution in [2.75, 3.05) is 13.2 Å².